The third-order valence-electron chi connectivity index (χ3n) is 2.31. The van der Waals surface area contributed by atoms with Crippen LogP contribution in [0.25, 0.3) is 0 Å². The number of sulfone groups is 1. The van der Waals surface area contributed by atoms with E-state index in [1.54, 1.807) is 21.0 Å². The van der Waals surface area contributed by atoms with Gasteiger partial charge in [-0.05, 0) is 6.92 Å². The van der Waals surface area contributed by atoms with Crippen molar-refractivity contribution in [2.24, 2.45) is 0 Å². The minimum absolute atomic E-state index is 0.0701. The van der Waals surface area contributed by atoms with Gasteiger partial charge in [0.2, 0.25) is 0 Å². The average Bonchev–Trinajstić information content (AvgIpc) is 2.56. The SMILES string of the molecule is CCOC(=O)Cn1nc(N(C)C)c(S(C)(=O)=O)c1N. The molecule has 1 rings (SSSR count). The number of nitrogen functional groups attached to an aromatic ring is 1. The smallest absolute Gasteiger partial charge is 0.327 e. The van der Waals surface area contributed by atoms with Crippen molar-refractivity contribution < 1.29 is 17.9 Å². The van der Waals surface area contributed by atoms with Gasteiger partial charge in [0.1, 0.15) is 12.4 Å². The molecule has 0 radical (unpaired) electrons. The Bertz CT molecular complexity index is 577. The summed E-state index contributed by atoms with van der Waals surface area (Å²) in [6, 6.07) is 0. The number of carbonyl (C=O) groups excluding carboxylic acids is 1. The van der Waals surface area contributed by atoms with Crippen LogP contribution in [0.5, 0.6) is 0 Å². The van der Waals surface area contributed by atoms with Crippen LogP contribution < -0.4 is 10.6 Å². The Morgan fingerprint density at radius 1 is 1.47 bits per heavy atom. The molecule has 8 nitrogen and oxygen atoms in total. The first-order valence-electron chi connectivity index (χ1n) is 5.57. The normalized spacial score (nSPS) is 11.4. The minimum Gasteiger partial charge on any atom is -0.465 e. The summed E-state index contributed by atoms with van der Waals surface area (Å²) in [5.74, 6) is -0.398. The van der Waals surface area contributed by atoms with Crippen molar-refractivity contribution in [2.45, 2.75) is 18.4 Å². The maximum Gasteiger partial charge on any atom is 0.327 e. The van der Waals surface area contributed by atoms with Gasteiger partial charge in [-0.1, -0.05) is 0 Å². The average molecular weight is 290 g/mol. The van der Waals surface area contributed by atoms with Crippen LogP contribution in [0.1, 0.15) is 6.92 Å². The molecule has 0 amide bonds. The molecule has 0 aliphatic heterocycles. The van der Waals surface area contributed by atoms with E-state index in [9.17, 15) is 13.2 Å². The Morgan fingerprint density at radius 2 is 2.05 bits per heavy atom. The number of ether oxygens (including phenoxy) is 1. The topological polar surface area (TPSA) is 108 Å². The maximum absolute atomic E-state index is 11.7. The summed E-state index contributed by atoms with van der Waals surface area (Å²) in [4.78, 5) is 12.8. The van der Waals surface area contributed by atoms with Crippen LogP contribution in [-0.2, 0) is 25.9 Å². The van der Waals surface area contributed by atoms with Gasteiger partial charge in [0, 0.05) is 20.4 Å². The van der Waals surface area contributed by atoms with Crippen molar-refractivity contribution in [3.05, 3.63) is 0 Å². The van der Waals surface area contributed by atoms with E-state index in [2.05, 4.69) is 5.10 Å². The fraction of sp³-hybridized carbons (Fsp3) is 0.600. The number of rotatable bonds is 5. The molecule has 0 spiro atoms. The van der Waals surface area contributed by atoms with E-state index in [4.69, 9.17) is 10.5 Å². The summed E-state index contributed by atoms with van der Waals surface area (Å²) in [5.41, 5.74) is 5.76. The molecule has 9 heteroatoms. The van der Waals surface area contributed by atoms with Crippen LogP contribution in [0.3, 0.4) is 0 Å². The van der Waals surface area contributed by atoms with Crippen LogP contribution in [0.2, 0.25) is 0 Å². The summed E-state index contributed by atoms with van der Waals surface area (Å²) in [6.07, 6.45) is 1.04. The fourth-order valence-corrected chi connectivity index (χ4v) is 2.58. The Balaban J connectivity index is 3.27. The highest BCUT2D eigenvalue weighted by Gasteiger charge is 2.26. The summed E-state index contributed by atoms with van der Waals surface area (Å²) >= 11 is 0. The molecule has 0 bridgehead atoms. The molecular formula is C10H18N4O4S. The zero-order valence-electron chi connectivity index (χ0n) is 11.4. The van der Waals surface area contributed by atoms with Gasteiger partial charge in [-0.2, -0.15) is 5.10 Å². The Labute approximate surface area is 112 Å². The Kier molecular flexibility index (Phi) is 4.40. The van der Waals surface area contributed by atoms with Crippen molar-refractivity contribution in [2.75, 3.05) is 37.6 Å². The van der Waals surface area contributed by atoms with Crippen molar-refractivity contribution in [1.82, 2.24) is 9.78 Å². The third-order valence-corrected chi connectivity index (χ3v) is 3.44. The molecular weight excluding hydrogens is 272 g/mol. The second kappa shape index (κ2) is 5.47. The zero-order chi connectivity index (χ0) is 14.8. The highest BCUT2D eigenvalue weighted by atomic mass is 32.2. The van der Waals surface area contributed by atoms with Gasteiger partial charge in [0.05, 0.1) is 6.61 Å². The van der Waals surface area contributed by atoms with E-state index in [0.717, 1.165) is 10.9 Å². The van der Waals surface area contributed by atoms with Crippen LogP contribution in [0, 0.1) is 0 Å². The van der Waals surface area contributed by atoms with Gasteiger partial charge in [-0.3, -0.25) is 4.79 Å². The molecule has 0 aromatic carbocycles. The Morgan fingerprint density at radius 3 is 2.42 bits per heavy atom. The van der Waals surface area contributed by atoms with Gasteiger partial charge < -0.3 is 15.4 Å². The number of aromatic nitrogens is 2. The van der Waals surface area contributed by atoms with Crippen molar-refractivity contribution in [3.63, 3.8) is 0 Å². The second-order valence-electron chi connectivity index (χ2n) is 4.17. The largest absolute Gasteiger partial charge is 0.465 e. The molecule has 1 aromatic rings. The molecule has 0 aliphatic rings. The highest BCUT2D eigenvalue weighted by Crippen LogP contribution is 2.28. The lowest BCUT2D eigenvalue weighted by Gasteiger charge is -2.09. The molecule has 0 atom stereocenters. The second-order valence-corrected chi connectivity index (χ2v) is 6.12. The van der Waals surface area contributed by atoms with Gasteiger partial charge in [0.25, 0.3) is 0 Å². The highest BCUT2D eigenvalue weighted by molar-refractivity contribution is 7.91. The lowest BCUT2D eigenvalue weighted by atomic mass is 10.5. The molecule has 0 saturated heterocycles. The third kappa shape index (κ3) is 3.37. The van der Waals surface area contributed by atoms with E-state index in [1.165, 1.54) is 4.90 Å². The Hall–Kier alpha value is -1.77. The number of esters is 1. The fourth-order valence-electron chi connectivity index (χ4n) is 1.54. The van der Waals surface area contributed by atoms with E-state index in [1.807, 2.05) is 0 Å². The molecule has 108 valence electrons. The molecule has 0 saturated carbocycles. The van der Waals surface area contributed by atoms with Crippen LogP contribution >= 0.6 is 0 Å². The number of nitrogens with two attached hydrogens (primary N) is 1. The lowest BCUT2D eigenvalue weighted by molar-refractivity contribution is -0.144. The van der Waals surface area contributed by atoms with Crippen LogP contribution in [0.4, 0.5) is 11.6 Å². The minimum atomic E-state index is -3.54. The number of anilines is 2. The van der Waals surface area contributed by atoms with E-state index >= 15 is 0 Å². The molecule has 19 heavy (non-hydrogen) atoms. The van der Waals surface area contributed by atoms with Gasteiger partial charge in [-0.25, -0.2) is 13.1 Å². The first kappa shape index (κ1) is 15.3. The predicted octanol–water partition coefficient (Wildman–Crippen LogP) is -0.502. The molecule has 2 N–H and O–H groups in total. The quantitative estimate of drug-likeness (QED) is 0.728. The van der Waals surface area contributed by atoms with Crippen molar-refractivity contribution in [1.29, 1.82) is 0 Å². The first-order chi connectivity index (χ1) is 8.68. The van der Waals surface area contributed by atoms with E-state index < -0.39 is 15.8 Å². The standard InChI is InChI=1S/C10H18N4O4S/c1-5-18-7(15)6-14-9(11)8(19(4,16)17)10(12-14)13(2)3/h5-6,11H2,1-4H3. The number of nitrogens with zero attached hydrogens (tertiary/aromatic N) is 3. The molecule has 1 heterocycles. The summed E-state index contributed by atoms with van der Waals surface area (Å²) in [7, 11) is -0.251. The first-order valence-corrected chi connectivity index (χ1v) is 7.46. The van der Waals surface area contributed by atoms with Crippen molar-refractivity contribution >= 4 is 27.4 Å². The molecule has 0 unspecified atom stereocenters. The van der Waals surface area contributed by atoms with Crippen LogP contribution in [0.15, 0.2) is 4.90 Å². The van der Waals surface area contributed by atoms with E-state index in [0.29, 0.717) is 0 Å². The predicted molar refractivity (Wildman–Crippen MR) is 70.7 cm³/mol. The number of carbonyl (C=O) groups is 1. The molecule has 1 aromatic heterocycles. The summed E-state index contributed by atoms with van der Waals surface area (Å²) < 4.78 is 29.4. The van der Waals surface area contributed by atoms with Crippen molar-refractivity contribution in [3.8, 4) is 0 Å². The number of hydrogen-bond acceptors (Lipinski definition) is 7. The zero-order valence-corrected chi connectivity index (χ0v) is 12.2. The number of hydrogen-bond donors (Lipinski definition) is 1. The van der Waals surface area contributed by atoms with Gasteiger partial charge in [-0.15, -0.1) is 0 Å². The van der Waals surface area contributed by atoms with Gasteiger partial charge in [0.15, 0.2) is 20.6 Å². The monoisotopic (exact) mass is 290 g/mol. The summed E-state index contributed by atoms with van der Waals surface area (Å²) in [5, 5.41) is 4.04. The van der Waals surface area contributed by atoms with E-state index in [-0.39, 0.29) is 29.7 Å². The summed E-state index contributed by atoms with van der Waals surface area (Å²) in [6.45, 7) is 1.69. The van der Waals surface area contributed by atoms with Crippen LogP contribution in [-0.4, -0.2) is 51.1 Å². The maximum atomic E-state index is 11.7. The van der Waals surface area contributed by atoms with Gasteiger partial charge >= 0.3 is 5.97 Å². The molecule has 0 fully saturated rings. The molecule has 0 aliphatic carbocycles. The lowest BCUT2D eigenvalue weighted by Crippen LogP contribution is -2.17.